The summed E-state index contributed by atoms with van der Waals surface area (Å²) in [5.41, 5.74) is 1.26. The fourth-order valence-corrected chi connectivity index (χ4v) is 2.33. The summed E-state index contributed by atoms with van der Waals surface area (Å²) in [6, 6.07) is 9.32. The Labute approximate surface area is 124 Å². The van der Waals surface area contributed by atoms with Crippen molar-refractivity contribution in [2.45, 2.75) is 0 Å². The molecular weight excluding hydrogens is 318 g/mol. The lowest BCUT2D eigenvalue weighted by Crippen LogP contribution is -2.12. The number of halogens is 1. The van der Waals surface area contributed by atoms with Crippen LogP contribution < -0.4 is 5.32 Å². The Morgan fingerprint density at radius 1 is 1.10 bits per heavy atom. The van der Waals surface area contributed by atoms with Crippen LogP contribution in [0.1, 0.15) is 10.4 Å². The van der Waals surface area contributed by atoms with E-state index in [1.54, 1.807) is 24.7 Å². The topological polar surface area (TPSA) is 54.9 Å². The Bertz CT molecular complexity index is 783. The van der Waals surface area contributed by atoms with E-state index in [1.165, 1.54) is 6.20 Å². The molecule has 0 radical (unpaired) electrons. The van der Waals surface area contributed by atoms with Crippen LogP contribution in [-0.2, 0) is 0 Å². The van der Waals surface area contributed by atoms with Crippen molar-refractivity contribution >= 4 is 38.3 Å². The molecular formula is C15H10BrN3O. The van der Waals surface area contributed by atoms with E-state index in [1.807, 2.05) is 24.3 Å². The van der Waals surface area contributed by atoms with Crippen LogP contribution in [0.3, 0.4) is 0 Å². The first-order chi connectivity index (χ1) is 9.74. The average molecular weight is 328 g/mol. The summed E-state index contributed by atoms with van der Waals surface area (Å²) in [6.45, 7) is 0. The van der Waals surface area contributed by atoms with E-state index < -0.39 is 0 Å². The zero-order chi connectivity index (χ0) is 13.9. The van der Waals surface area contributed by atoms with E-state index in [0.29, 0.717) is 5.56 Å². The predicted molar refractivity (Wildman–Crippen MR) is 81.6 cm³/mol. The molecule has 4 nitrogen and oxygen atoms in total. The van der Waals surface area contributed by atoms with Gasteiger partial charge in [0.2, 0.25) is 0 Å². The van der Waals surface area contributed by atoms with E-state index in [4.69, 9.17) is 0 Å². The summed E-state index contributed by atoms with van der Waals surface area (Å²) < 4.78 is 0.771. The highest BCUT2D eigenvalue weighted by Gasteiger charge is 2.09. The Balaban J connectivity index is 1.95. The van der Waals surface area contributed by atoms with Gasteiger partial charge < -0.3 is 5.32 Å². The highest BCUT2D eigenvalue weighted by molar-refractivity contribution is 9.10. The van der Waals surface area contributed by atoms with Crippen molar-refractivity contribution in [3.63, 3.8) is 0 Å². The van der Waals surface area contributed by atoms with Crippen LogP contribution in [-0.4, -0.2) is 15.9 Å². The summed E-state index contributed by atoms with van der Waals surface area (Å²) in [7, 11) is 0. The molecule has 2 aromatic heterocycles. The van der Waals surface area contributed by atoms with Gasteiger partial charge in [-0.2, -0.15) is 0 Å². The number of carbonyl (C=O) groups excluding carboxylic acids is 1. The largest absolute Gasteiger partial charge is 0.321 e. The molecule has 0 spiro atoms. The number of anilines is 1. The first-order valence-corrected chi connectivity index (χ1v) is 6.78. The van der Waals surface area contributed by atoms with Crippen molar-refractivity contribution in [3.05, 3.63) is 65.2 Å². The lowest BCUT2D eigenvalue weighted by atomic mass is 10.1. The monoisotopic (exact) mass is 327 g/mol. The Morgan fingerprint density at radius 2 is 2.00 bits per heavy atom. The van der Waals surface area contributed by atoms with Crippen LogP contribution in [0.4, 0.5) is 5.69 Å². The van der Waals surface area contributed by atoms with Crippen LogP contribution in [0.15, 0.2) is 59.6 Å². The van der Waals surface area contributed by atoms with Crippen molar-refractivity contribution < 1.29 is 4.79 Å². The second-order valence-electron chi connectivity index (χ2n) is 4.25. The normalized spacial score (nSPS) is 10.4. The van der Waals surface area contributed by atoms with Crippen LogP contribution in [0.25, 0.3) is 10.8 Å². The summed E-state index contributed by atoms with van der Waals surface area (Å²) in [6.07, 6.45) is 6.65. The van der Waals surface area contributed by atoms with Crippen molar-refractivity contribution in [3.8, 4) is 0 Å². The molecule has 3 aromatic rings. The van der Waals surface area contributed by atoms with Gasteiger partial charge in [0, 0.05) is 45.7 Å². The minimum Gasteiger partial charge on any atom is -0.321 e. The molecule has 2 heterocycles. The number of aromatic nitrogens is 2. The van der Waals surface area contributed by atoms with Gasteiger partial charge in [-0.15, -0.1) is 0 Å². The maximum atomic E-state index is 12.2. The number of nitrogens with one attached hydrogen (secondary N) is 1. The lowest BCUT2D eigenvalue weighted by Gasteiger charge is -2.08. The predicted octanol–water partition coefficient (Wildman–Crippen LogP) is 3.64. The molecule has 0 aliphatic rings. The smallest absolute Gasteiger partial charge is 0.257 e. The molecule has 3 rings (SSSR count). The Kier molecular flexibility index (Phi) is 3.43. The molecule has 0 bridgehead atoms. The molecule has 98 valence electrons. The first kappa shape index (κ1) is 12.7. The number of hydrogen-bond donors (Lipinski definition) is 1. The highest BCUT2D eigenvalue weighted by Crippen LogP contribution is 2.23. The SMILES string of the molecule is O=C(Nc1cccc2cnccc12)c1cncc(Br)c1. The number of amides is 1. The van der Waals surface area contributed by atoms with Crippen molar-refractivity contribution in [2.75, 3.05) is 5.32 Å². The van der Waals surface area contributed by atoms with E-state index in [2.05, 4.69) is 31.2 Å². The van der Waals surface area contributed by atoms with Gasteiger partial charge in [0.1, 0.15) is 0 Å². The van der Waals surface area contributed by atoms with Gasteiger partial charge >= 0.3 is 0 Å². The van der Waals surface area contributed by atoms with Gasteiger partial charge in [0.25, 0.3) is 5.91 Å². The van der Waals surface area contributed by atoms with Crippen LogP contribution >= 0.6 is 15.9 Å². The summed E-state index contributed by atoms with van der Waals surface area (Å²) in [5.74, 6) is -0.192. The molecule has 0 aliphatic heterocycles. The summed E-state index contributed by atoms with van der Waals surface area (Å²) in [4.78, 5) is 20.3. The van der Waals surface area contributed by atoms with E-state index in [0.717, 1.165) is 20.9 Å². The maximum Gasteiger partial charge on any atom is 0.257 e. The van der Waals surface area contributed by atoms with Crippen LogP contribution in [0.2, 0.25) is 0 Å². The standard InChI is InChI=1S/C15H10BrN3O/c16-12-6-11(8-18-9-12)15(20)19-14-3-1-2-10-7-17-5-4-13(10)14/h1-9H,(H,19,20). The minimum atomic E-state index is -0.192. The number of pyridine rings is 2. The summed E-state index contributed by atoms with van der Waals surface area (Å²) >= 11 is 3.30. The van der Waals surface area contributed by atoms with E-state index >= 15 is 0 Å². The van der Waals surface area contributed by atoms with Gasteiger partial charge in [0.15, 0.2) is 0 Å². The molecule has 0 aliphatic carbocycles. The molecule has 0 fully saturated rings. The van der Waals surface area contributed by atoms with Crippen LogP contribution in [0.5, 0.6) is 0 Å². The van der Waals surface area contributed by atoms with Gasteiger partial charge in [-0.3, -0.25) is 14.8 Å². The van der Waals surface area contributed by atoms with Crippen molar-refractivity contribution in [1.29, 1.82) is 0 Å². The minimum absolute atomic E-state index is 0.192. The van der Waals surface area contributed by atoms with Gasteiger partial charge in [0.05, 0.1) is 5.56 Å². The molecule has 0 saturated carbocycles. The maximum absolute atomic E-state index is 12.2. The van der Waals surface area contributed by atoms with E-state index in [9.17, 15) is 4.79 Å². The number of carbonyl (C=O) groups is 1. The molecule has 0 unspecified atom stereocenters. The molecule has 0 saturated heterocycles. The van der Waals surface area contributed by atoms with Crippen molar-refractivity contribution in [2.24, 2.45) is 0 Å². The first-order valence-electron chi connectivity index (χ1n) is 5.99. The van der Waals surface area contributed by atoms with Crippen LogP contribution in [0, 0.1) is 0 Å². The third-order valence-electron chi connectivity index (χ3n) is 2.90. The number of nitrogens with zero attached hydrogens (tertiary/aromatic N) is 2. The number of fused-ring (bicyclic) bond motifs is 1. The molecule has 1 aromatic carbocycles. The van der Waals surface area contributed by atoms with Gasteiger partial charge in [-0.25, -0.2) is 0 Å². The fraction of sp³-hybridized carbons (Fsp3) is 0. The molecule has 1 N–H and O–H groups in total. The average Bonchev–Trinajstić information content (AvgIpc) is 2.47. The third kappa shape index (κ3) is 2.53. The number of hydrogen-bond acceptors (Lipinski definition) is 3. The quantitative estimate of drug-likeness (QED) is 0.781. The lowest BCUT2D eigenvalue weighted by molar-refractivity contribution is 0.102. The Hall–Kier alpha value is -2.27. The zero-order valence-electron chi connectivity index (χ0n) is 10.4. The third-order valence-corrected chi connectivity index (χ3v) is 3.33. The zero-order valence-corrected chi connectivity index (χ0v) is 12.0. The molecule has 5 heteroatoms. The number of benzene rings is 1. The highest BCUT2D eigenvalue weighted by atomic mass is 79.9. The van der Waals surface area contributed by atoms with Crippen molar-refractivity contribution in [1.82, 2.24) is 9.97 Å². The van der Waals surface area contributed by atoms with Gasteiger partial charge in [-0.05, 0) is 34.1 Å². The molecule has 1 amide bonds. The second-order valence-corrected chi connectivity index (χ2v) is 5.16. The Morgan fingerprint density at radius 3 is 2.85 bits per heavy atom. The fourth-order valence-electron chi connectivity index (χ4n) is 1.96. The van der Waals surface area contributed by atoms with Gasteiger partial charge in [-0.1, -0.05) is 12.1 Å². The summed E-state index contributed by atoms with van der Waals surface area (Å²) in [5, 5.41) is 4.84. The van der Waals surface area contributed by atoms with E-state index in [-0.39, 0.29) is 5.91 Å². The molecule has 0 atom stereocenters. The number of rotatable bonds is 2. The second kappa shape index (κ2) is 5.38. The molecule has 20 heavy (non-hydrogen) atoms.